The standard InChI is InChI=1S/C19H19F3N2O3/c20-19(21,22)27-15-8-4-12(5-9-15)11-23-18(26)24-17-3-1-2-13-6-7-14(25)10-16(13)17/h1-5,8-9,14,25H,6-7,10-11H2,(H2,23,24,26)/p+1/t14-/m1/s1. The largest absolute Gasteiger partial charge is 0.573 e. The second kappa shape index (κ2) is 7.98. The smallest absolute Gasteiger partial charge is 0.406 e. The third-order valence-corrected chi connectivity index (χ3v) is 4.41. The molecule has 1 aliphatic carbocycles. The number of ether oxygens (including phenoxy) is 1. The van der Waals surface area contributed by atoms with Gasteiger partial charge in [0.2, 0.25) is 0 Å². The molecule has 1 aliphatic rings. The van der Waals surface area contributed by atoms with Crippen molar-refractivity contribution in [1.82, 2.24) is 5.32 Å². The summed E-state index contributed by atoms with van der Waals surface area (Å²) in [6.45, 7) is 0.180. The fraction of sp³-hybridized carbons (Fsp3) is 0.316. The van der Waals surface area contributed by atoms with Crippen molar-refractivity contribution < 1.29 is 33.1 Å². The Morgan fingerprint density at radius 3 is 2.67 bits per heavy atom. The van der Waals surface area contributed by atoms with Crippen LogP contribution in [0.4, 0.5) is 23.7 Å². The van der Waals surface area contributed by atoms with Crippen LogP contribution in [0.1, 0.15) is 23.1 Å². The molecule has 0 bridgehead atoms. The van der Waals surface area contributed by atoms with Crippen LogP contribution >= 0.6 is 0 Å². The maximum Gasteiger partial charge on any atom is 0.573 e. The summed E-state index contributed by atoms with van der Waals surface area (Å²) < 4.78 is 40.3. The Balaban J connectivity index is 1.56. The van der Waals surface area contributed by atoms with Gasteiger partial charge in [-0.15, -0.1) is 13.2 Å². The van der Waals surface area contributed by atoms with Gasteiger partial charge in [-0.1, -0.05) is 24.3 Å². The fourth-order valence-corrected chi connectivity index (χ4v) is 3.12. The molecule has 0 aliphatic heterocycles. The van der Waals surface area contributed by atoms with Crippen LogP contribution in [-0.2, 0) is 19.4 Å². The summed E-state index contributed by atoms with van der Waals surface area (Å²) in [6, 6.07) is 10.7. The maximum atomic E-state index is 12.2. The summed E-state index contributed by atoms with van der Waals surface area (Å²) in [6.07, 6.45) is -3.10. The van der Waals surface area contributed by atoms with E-state index in [4.69, 9.17) is 0 Å². The maximum absolute atomic E-state index is 12.2. The Bertz CT molecular complexity index is 807. The molecule has 0 radical (unpaired) electrons. The molecule has 3 rings (SSSR count). The second-order valence-corrected chi connectivity index (χ2v) is 6.44. The molecule has 144 valence electrons. The molecule has 27 heavy (non-hydrogen) atoms. The Morgan fingerprint density at radius 1 is 1.22 bits per heavy atom. The van der Waals surface area contributed by atoms with Crippen LogP contribution in [-0.4, -0.2) is 23.6 Å². The molecular formula is C19H20F3N2O3+. The van der Waals surface area contributed by atoms with E-state index in [1.54, 1.807) is 0 Å². The normalized spacial score (nSPS) is 16.5. The number of halogens is 3. The van der Waals surface area contributed by atoms with Crippen LogP contribution in [0.15, 0.2) is 42.5 Å². The molecule has 0 heterocycles. The summed E-state index contributed by atoms with van der Waals surface area (Å²) in [5, 5.41) is 14.1. The zero-order chi connectivity index (χ0) is 19.4. The number of hydrogen-bond donors (Lipinski definition) is 3. The average molecular weight is 381 g/mol. The Kier molecular flexibility index (Phi) is 5.67. The number of alkyl halides is 3. The molecule has 0 spiro atoms. The van der Waals surface area contributed by atoms with Gasteiger partial charge in [-0.2, -0.15) is 0 Å². The molecule has 0 fully saturated rings. The predicted octanol–water partition coefficient (Wildman–Crippen LogP) is 2.54. The van der Waals surface area contributed by atoms with Crippen LogP contribution in [0.25, 0.3) is 0 Å². The van der Waals surface area contributed by atoms with E-state index in [2.05, 4.69) is 10.1 Å². The quantitative estimate of drug-likeness (QED) is 0.713. The van der Waals surface area contributed by atoms with Gasteiger partial charge in [0.05, 0.1) is 6.10 Å². The number of urea groups is 1. The average Bonchev–Trinajstić information content (AvgIpc) is 2.60. The van der Waals surface area contributed by atoms with Gasteiger partial charge in [0, 0.05) is 18.5 Å². The van der Waals surface area contributed by atoms with Gasteiger partial charge >= 0.3 is 12.4 Å². The van der Waals surface area contributed by atoms with E-state index in [0.717, 1.165) is 29.7 Å². The number of carbonyl (C=O) groups excluding carboxylic acids is 1. The van der Waals surface area contributed by atoms with Gasteiger partial charge in [-0.3, -0.25) is 0 Å². The Morgan fingerprint density at radius 2 is 1.96 bits per heavy atom. The van der Waals surface area contributed by atoms with Crippen molar-refractivity contribution in [3.05, 3.63) is 59.2 Å². The number of fused-ring (bicyclic) bond motifs is 1. The van der Waals surface area contributed by atoms with E-state index in [1.807, 2.05) is 18.2 Å². The molecule has 0 saturated heterocycles. The van der Waals surface area contributed by atoms with Crippen molar-refractivity contribution in [2.75, 3.05) is 0 Å². The SMILES string of the molecule is O=C(NCc1ccc(OC(F)(F)F)cc1)[NH2+]c1cccc2c1C[C@H](O)CC2. The third kappa shape index (κ3) is 5.45. The van der Waals surface area contributed by atoms with Gasteiger partial charge in [0.1, 0.15) is 11.4 Å². The summed E-state index contributed by atoms with van der Waals surface area (Å²) >= 11 is 0. The van der Waals surface area contributed by atoms with Gasteiger partial charge in [-0.25, -0.2) is 10.1 Å². The van der Waals surface area contributed by atoms with Gasteiger partial charge in [-0.05, 0) is 42.2 Å². The number of amides is 2. The van der Waals surface area contributed by atoms with Gasteiger partial charge in [0.25, 0.3) is 0 Å². The lowest BCUT2D eigenvalue weighted by molar-refractivity contribution is -0.465. The minimum Gasteiger partial charge on any atom is -0.406 e. The molecule has 2 aromatic rings. The first-order chi connectivity index (χ1) is 12.8. The number of aliphatic hydroxyl groups is 1. The monoisotopic (exact) mass is 381 g/mol. The molecule has 8 heteroatoms. The minimum absolute atomic E-state index is 0.180. The van der Waals surface area contributed by atoms with E-state index in [1.165, 1.54) is 29.6 Å². The number of quaternary nitrogens is 1. The molecule has 2 aromatic carbocycles. The summed E-state index contributed by atoms with van der Waals surface area (Å²) in [4.78, 5) is 12.2. The number of carbonyl (C=O) groups is 1. The highest BCUT2D eigenvalue weighted by Crippen LogP contribution is 2.25. The lowest BCUT2D eigenvalue weighted by atomic mass is 9.88. The zero-order valence-corrected chi connectivity index (χ0v) is 14.4. The first-order valence-corrected chi connectivity index (χ1v) is 8.56. The number of aryl methyl sites for hydroxylation is 1. The minimum atomic E-state index is -4.73. The topological polar surface area (TPSA) is 75.2 Å². The summed E-state index contributed by atoms with van der Waals surface area (Å²) in [5.74, 6) is -0.307. The van der Waals surface area contributed by atoms with Crippen molar-refractivity contribution >= 4 is 11.7 Å². The van der Waals surface area contributed by atoms with Gasteiger partial charge in [0.15, 0.2) is 0 Å². The number of benzene rings is 2. The third-order valence-electron chi connectivity index (χ3n) is 4.41. The van der Waals surface area contributed by atoms with E-state index < -0.39 is 12.5 Å². The van der Waals surface area contributed by atoms with Crippen LogP contribution in [0, 0.1) is 0 Å². The van der Waals surface area contributed by atoms with E-state index >= 15 is 0 Å². The van der Waals surface area contributed by atoms with E-state index in [9.17, 15) is 23.1 Å². The molecule has 2 amide bonds. The van der Waals surface area contributed by atoms with Crippen LogP contribution < -0.4 is 15.4 Å². The van der Waals surface area contributed by atoms with E-state index in [0.29, 0.717) is 12.0 Å². The van der Waals surface area contributed by atoms with Crippen LogP contribution in [0.3, 0.4) is 0 Å². The summed E-state index contributed by atoms with van der Waals surface area (Å²) in [5.41, 5.74) is 3.55. The van der Waals surface area contributed by atoms with Gasteiger partial charge < -0.3 is 15.2 Å². The number of nitrogens with two attached hydrogens (primary N) is 1. The van der Waals surface area contributed by atoms with Crippen molar-refractivity contribution in [2.24, 2.45) is 0 Å². The first-order valence-electron chi connectivity index (χ1n) is 8.56. The highest BCUT2D eigenvalue weighted by atomic mass is 19.4. The highest BCUT2D eigenvalue weighted by Gasteiger charge is 2.31. The molecule has 5 nitrogen and oxygen atoms in total. The van der Waals surface area contributed by atoms with Crippen molar-refractivity contribution in [3.63, 3.8) is 0 Å². The number of primary amides is 1. The summed E-state index contributed by atoms with van der Waals surface area (Å²) in [7, 11) is 0. The molecule has 1 atom stereocenters. The Labute approximate surface area is 154 Å². The zero-order valence-electron chi connectivity index (χ0n) is 14.4. The number of nitrogens with one attached hydrogen (secondary N) is 1. The highest BCUT2D eigenvalue weighted by molar-refractivity contribution is 5.67. The lowest BCUT2D eigenvalue weighted by Gasteiger charge is -2.21. The van der Waals surface area contributed by atoms with Crippen LogP contribution in [0.2, 0.25) is 0 Å². The van der Waals surface area contributed by atoms with Crippen molar-refractivity contribution in [1.29, 1.82) is 0 Å². The fourth-order valence-electron chi connectivity index (χ4n) is 3.12. The first kappa shape index (κ1) is 19.2. The van der Waals surface area contributed by atoms with Crippen LogP contribution in [0.5, 0.6) is 5.75 Å². The second-order valence-electron chi connectivity index (χ2n) is 6.44. The number of aliphatic hydroxyl groups excluding tert-OH is 1. The molecule has 4 N–H and O–H groups in total. The molecule has 0 aromatic heterocycles. The van der Waals surface area contributed by atoms with Crippen molar-refractivity contribution in [3.8, 4) is 5.75 Å². The number of hydrogen-bond acceptors (Lipinski definition) is 3. The van der Waals surface area contributed by atoms with Crippen molar-refractivity contribution in [2.45, 2.75) is 38.3 Å². The molecule has 0 unspecified atom stereocenters. The molecule has 0 saturated carbocycles. The van der Waals surface area contributed by atoms with E-state index in [-0.39, 0.29) is 18.3 Å². The Hall–Kier alpha value is -2.58. The number of rotatable bonds is 4. The molecular weight excluding hydrogens is 361 g/mol. The predicted molar refractivity (Wildman–Crippen MR) is 91.4 cm³/mol. The lowest BCUT2D eigenvalue weighted by Crippen LogP contribution is -2.85.